The van der Waals surface area contributed by atoms with Crippen molar-refractivity contribution in [1.29, 1.82) is 0 Å². The Kier molecular flexibility index (Phi) is 6.14. The highest BCUT2D eigenvalue weighted by Crippen LogP contribution is 2.14. The van der Waals surface area contributed by atoms with Crippen molar-refractivity contribution in [3.8, 4) is 5.75 Å². The lowest BCUT2D eigenvalue weighted by Gasteiger charge is -2.16. The van der Waals surface area contributed by atoms with Gasteiger partial charge >= 0.3 is 5.97 Å². The Morgan fingerprint density at radius 1 is 1.08 bits per heavy atom. The second-order valence-electron chi connectivity index (χ2n) is 5.38. The fourth-order valence-corrected chi connectivity index (χ4v) is 2.29. The van der Waals surface area contributed by atoms with Crippen LogP contribution in [0, 0.1) is 0 Å². The summed E-state index contributed by atoms with van der Waals surface area (Å²) in [5, 5.41) is 3.18. The number of halogens is 1. The second-order valence-corrected chi connectivity index (χ2v) is 5.81. The summed E-state index contributed by atoms with van der Waals surface area (Å²) in [6.45, 7) is 1.29. The van der Waals surface area contributed by atoms with Crippen molar-refractivity contribution in [3.05, 3.63) is 64.7 Å². The normalized spacial score (nSPS) is 11.4. The molecular formula is C18H17ClN2O4. The van der Waals surface area contributed by atoms with Crippen LogP contribution in [0.5, 0.6) is 5.75 Å². The van der Waals surface area contributed by atoms with Gasteiger partial charge in [0.2, 0.25) is 5.91 Å². The van der Waals surface area contributed by atoms with Gasteiger partial charge in [0.25, 0.3) is 5.91 Å². The van der Waals surface area contributed by atoms with Crippen LogP contribution in [0.15, 0.2) is 48.5 Å². The van der Waals surface area contributed by atoms with Crippen molar-refractivity contribution < 1.29 is 19.1 Å². The maximum Gasteiger partial charge on any atom is 0.308 e. The number of esters is 1. The number of benzene rings is 2. The molecule has 0 radical (unpaired) electrons. The summed E-state index contributed by atoms with van der Waals surface area (Å²) in [4.78, 5) is 34.8. The molecule has 2 amide bonds. The molecule has 0 fully saturated rings. The summed E-state index contributed by atoms with van der Waals surface area (Å²) in [6.07, 6.45) is 0.254. The van der Waals surface area contributed by atoms with Gasteiger partial charge in [-0.3, -0.25) is 14.4 Å². The number of ether oxygens (including phenoxy) is 1. The third kappa shape index (κ3) is 5.61. The van der Waals surface area contributed by atoms with E-state index in [2.05, 4.69) is 5.32 Å². The van der Waals surface area contributed by atoms with Gasteiger partial charge in [-0.15, -0.1) is 0 Å². The Balaban J connectivity index is 2.05. The van der Waals surface area contributed by atoms with Crippen LogP contribution in [0.2, 0.25) is 5.02 Å². The van der Waals surface area contributed by atoms with Gasteiger partial charge in [0.05, 0.1) is 0 Å². The first-order chi connectivity index (χ1) is 11.8. The second kappa shape index (κ2) is 8.30. The van der Waals surface area contributed by atoms with E-state index in [0.717, 1.165) is 5.56 Å². The van der Waals surface area contributed by atoms with Gasteiger partial charge in [0, 0.05) is 23.9 Å². The van der Waals surface area contributed by atoms with Gasteiger partial charge in [-0.25, -0.2) is 0 Å². The van der Waals surface area contributed by atoms with Crippen LogP contribution >= 0.6 is 11.6 Å². The van der Waals surface area contributed by atoms with Crippen LogP contribution in [0.1, 0.15) is 22.8 Å². The maximum atomic E-state index is 12.3. The topological polar surface area (TPSA) is 98.5 Å². The zero-order valence-corrected chi connectivity index (χ0v) is 14.2. The lowest BCUT2D eigenvalue weighted by atomic mass is 10.0. The zero-order chi connectivity index (χ0) is 18.4. The van der Waals surface area contributed by atoms with E-state index in [1.165, 1.54) is 31.2 Å². The Bertz CT molecular complexity index is 773. The van der Waals surface area contributed by atoms with Crippen molar-refractivity contribution in [1.82, 2.24) is 5.32 Å². The van der Waals surface area contributed by atoms with Crippen molar-refractivity contribution in [2.75, 3.05) is 0 Å². The van der Waals surface area contributed by atoms with Crippen molar-refractivity contribution in [2.45, 2.75) is 19.4 Å². The van der Waals surface area contributed by atoms with Gasteiger partial charge in [-0.1, -0.05) is 23.7 Å². The number of carbonyl (C=O) groups is 3. The highest BCUT2D eigenvalue weighted by Gasteiger charge is 2.19. The largest absolute Gasteiger partial charge is 0.427 e. The fourth-order valence-electron chi connectivity index (χ4n) is 2.16. The average Bonchev–Trinajstić information content (AvgIpc) is 2.56. The lowest BCUT2D eigenvalue weighted by molar-refractivity contribution is -0.131. The number of rotatable bonds is 6. The third-order valence-corrected chi connectivity index (χ3v) is 3.63. The minimum Gasteiger partial charge on any atom is -0.427 e. The van der Waals surface area contributed by atoms with Crippen LogP contribution in [0.3, 0.4) is 0 Å². The number of hydrogen-bond acceptors (Lipinski definition) is 4. The third-order valence-electron chi connectivity index (χ3n) is 3.38. The standard InChI is InChI=1S/C18H17ClN2O4/c1-11(22)25-15-8-4-13(5-9-15)18(24)21-16(17(20)23)10-12-2-6-14(19)7-3-12/h2-9,16H,10H2,1H3,(H2,20,23)(H,21,24)/t16-/m1/s1. The molecule has 0 aliphatic carbocycles. The molecule has 0 unspecified atom stereocenters. The molecule has 0 aliphatic heterocycles. The monoisotopic (exact) mass is 360 g/mol. The molecule has 2 aromatic rings. The predicted octanol–water partition coefficient (Wildman–Crippen LogP) is 2.09. The number of amides is 2. The minimum atomic E-state index is -0.859. The van der Waals surface area contributed by atoms with E-state index in [-0.39, 0.29) is 6.42 Å². The van der Waals surface area contributed by atoms with Crippen molar-refractivity contribution in [3.63, 3.8) is 0 Å². The van der Waals surface area contributed by atoms with Crippen LogP contribution in [0.4, 0.5) is 0 Å². The zero-order valence-electron chi connectivity index (χ0n) is 13.5. The molecule has 0 saturated heterocycles. The number of hydrogen-bond donors (Lipinski definition) is 2. The smallest absolute Gasteiger partial charge is 0.308 e. The highest BCUT2D eigenvalue weighted by atomic mass is 35.5. The van der Waals surface area contributed by atoms with Crippen molar-refractivity contribution in [2.24, 2.45) is 5.73 Å². The van der Waals surface area contributed by atoms with Crippen LogP contribution < -0.4 is 15.8 Å². The molecule has 2 aromatic carbocycles. The minimum absolute atomic E-state index is 0.254. The fraction of sp³-hybridized carbons (Fsp3) is 0.167. The summed E-state index contributed by atoms with van der Waals surface area (Å²) in [7, 11) is 0. The molecule has 3 N–H and O–H groups in total. The highest BCUT2D eigenvalue weighted by molar-refractivity contribution is 6.30. The van der Waals surface area contributed by atoms with E-state index in [0.29, 0.717) is 16.3 Å². The predicted molar refractivity (Wildman–Crippen MR) is 93.4 cm³/mol. The van der Waals surface area contributed by atoms with E-state index in [4.69, 9.17) is 22.1 Å². The summed E-state index contributed by atoms with van der Waals surface area (Å²) < 4.78 is 4.90. The van der Waals surface area contributed by atoms with E-state index < -0.39 is 23.8 Å². The summed E-state index contributed by atoms with van der Waals surface area (Å²) in [5.74, 6) is -1.21. The quantitative estimate of drug-likeness (QED) is 0.608. The SMILES string of the molecule is CC(=O)Oc1ccc(C(=O)N[C@H](Cc2ccc(Cl)cc2)C(N)=O)cc1. The molecular weight excluding hydrogens is 344 g/mol. The molecule has 6 nitrogen and oxygen atoms in total. The molecule has 0 saturated carbocycles. The van der Waals surface area contributed by atoms with E-state index in [9.17, 15) is 14.4 Å². The Morgan fingerprint density at radius 2 is 1.68 bits per heavy atom. The lowest BCUT2D eigenvalue weighted by Crippen LogP contribution is -2.45. The first kappa shape index (κ1) is 18.5. The van der Waals surface area contributed by atoms with Crippen molar-refractivity contribution >= 4 is 29.4 Å². The number of carbonyl (C=O) groups excluding carboxylic acids is 3. The molecule has 25 heavy (non-hydrogen) atoms. The summed E-state index contributed by atoms with van der Waals surface area (Å²) in [5.41, 5.74) is 6.52. The average molecular weight is 361 g/mol. The molecule has 0 aromatic heterocycles. The van der Waals surface area contributed by atoms with E-state index >= 15 is 0 Å². The molecule has 1 atom stereocenters. The molecule has 0 aliphatic rings. The van der Waals surface area contributed by atoms with Gasteiger partial charge in [0.15, 0.2) is 0 Å². The Hall–Kier alpha value is -2.86. The first-order valence-electron chi connectivity index (χ1n) is 7.48. The van der Waals surface area contributed by atoms with E-state index in [1.54, 1.807) is 24.3 Å². The molecule has 0 spiro atoms. The number of primary amides is 1. The van der Waals surface area contributed by atoms with Gasteiger partial charge < -0.3 is 15.8 Å². The summed E-state index contributed by atoms with van der Waals surface area (Å²) in [6, 6.07) is 12.0. The maximum absolute atomic E-state index is 12.3. The van der Waals surface area contributed by atoms with Crippen LogP contribution in [-0.4, -0.2) is 23.8 Å². The number of nitrogens with two attached hydrogens (primary N) is 1. The van der Waals surface area contributed by atoms with Crippen LogP contribution in [-0.2, 0) is 16.0 Å². The number of nitrogens with one attached hydrogen (secondary N) is 1. The van der Waals surface area contributed by atoms with Gasteiger partial charge in [0.1, 0.15) is 11.8 Å². The first-order valence-corrected chi connectivity index (χ1v) is 7.86. The molecule has 130 valence electrons. The molecule has 2 rings (SSSR count). The molecule has 0 heterocycles. The molecule has 0 bridgehead atoms. The Morgan fingerprint density at radius 3 is 2.20 bits per heavy atom. The molecule has 7 heteroatoms. The van der Waals surface area contributed by atoms with Crippen LogP contribution in [0.25, 0.3) is 0 Å². The summed E-state index contributed by atoms with van der Waals surface area (Å²) >= 11 is 5.83. The van der Waals surface area contributed by atoms with Gasteiger partial charge in [-0.05, 0) is 42.0 Å². The van der Waals surface area contributed by atoms with Gasteiger partial charge in [-0.2, -0.15) is 0 Å². The Labute approximate surface area is 149 Å². The van der Waals surface area contributed by atoms with E-state index in [1.807, 2.05) is 0 Å².